The van der Waals surface area contributed by atoms with Crippen LogP contribution >= 0.6 is 0 Å². The molecule has 6 nitrogen and oxygen atoms in total. The number of aromatic amines is 1. The second-order valence-corrected chi connectivity index (χ2v) is 11.1. The van der Waals surface area contributed by atoms with E-state index in [4.69, 9.17) is 4.98 Å². The molecule has 0 aliphatic heterocycles. The summed E-state index contributed by atoms with van der Waals surface area (Å²) in [6, 6.07) is 13.7. The molecule has 3 N–H and O–H groups in total. The van der Waals surface area contributed by atoms with Gasteiger partial charge in [-0.05, 0) is 93.0 Å². The number of amides is 2. The summed E-state index contributed by atoms with van der Waals surface area (Å²) in [4.78, 5) is 33.6. The largest absolute Gasteiger partial charge is 0.349 e. The summed E-state index contributed by atoms with van der Waals surface area (Å²) in [5.41, 5.74) is 4.15. The lowest BCUT2D eigenvalue weighted by molar-refractivity contribution is -0.121. The van der Waals surface area contributed by atoms with E-state index in [9.17, 15) is 9.59 Å². The van der Waals surface area contributed by atoms with Crippen LogP contribution in [0.5, 0.6) is 0 Å². The van der Waals surface area contributed by atoms with E-state index >= 15 is 0 Å². The number of benzene rings is 2. The third-order valence-electron chi connectivity index (χ3n) is 8.60. The molecule has 35 heavy (non-hydrogen) atoms. The Kier molecular flexibility index (Phi) is 5.83. The number of H-pyrrole nitrogens is 1. The van der Waals surface area contributed by atoms with Crippen molar-refractivity contribution < 1.29 is 9.59 Å². The van der Waals surface area contributed by atoms with Gasteiger partial charge in [0, 0.05) is 28.8 Å². The van der Waals surface area contributed by atoms with Gasteiger partial charge < -0.3 is 15.6 Å². The molecule has 0 radical (unpaired) electrons. The van der Waals surface area contributed by atoms with Gasteiger partial charge in [0.25, 0.3) is 5.91 Å². The Morgan fingerprint density at radius 3 is 2.46 bits per heavy atom. The van der Waals surface area contributed by atoms with E-state index in [-0.39, 0.29) is 23.8 Å². The van der Waals surface area contributed by atoms with Crippen LogP contribution in [0.15, 0.2) is 42.5 Å². The van der Waals surface area contributed by atoms with E-state index < -0.39 is 0 Å². The average Bonchev–Trinajstić information content (AvgIpc) is 3.61. The van der Waals surface area contributed by atoms with Gasteiger partial charge in [-0.15, -0.1) is 0 Å². The Morgan fingerprint density at radius 1 is 0.943 bits per heavy atom. The van der Waals surface area contributed by atoms with Gasteiger partial charge in [0.2, 0.25) is 5.91 Å². The molecule has 2 bridgehead atoms. The molecule has 3 atom stereocenters. The quantitative estimate of drug-likeness (QED) is 0.433. The molecule has 3 aromatic rings. The highest BCUT2D eigenvalue weighted by molar-refractivity contribution is 5.96. The van der Waals surface area contributed by atoms with Gasteiger partial charge in [-0.25, -0.2) is 4.98 Å². The number of carbonyl (C=O) groups is 2. The molecule has 0 spiro atoms. The highest BCUT2D eigenvalue weighted by Gasteiger charge is 2.43. The van der Waals surface area contributed by atoms with E-state index in [0.29, 0.717) is 11.5 Å². The lowest BCUT2D eigenvalue weighted by atomic mass is 9.87. The maximum Gasteiger partial charge on any atom is 0.251 e. The Balaban J connectivity index is 1.12. The zero-order valence-corrected chi connectivity index (χ0v) is 20.3. The van der Waals surface area contributed by atoms with E-state index in [1.165, 1.54) is 32.1 Å². The summed E-state index contributed by atoms with van der Waals surface area (Å²) in [5.74, 6) is 3.16. The van der Waals surface area contributed by atoms with Crippen molar-refractivity contribution in [3.8, 4) is 11.4 Å². The highest BCUT2D eigenvalue weighted by atomic mass is 16.2. The number of hydrogen-bond donors (Lipinski definition) is 3. The SMILES string of the molecule is CC1CCC(NC(=O)c2ccc(-c3nc4ccc(NC(=O)C5CC6CCC5C6)cc4[nH]3)cc2)CC1. The van der Waals surface area contributed by atoms with E-state index in [1.54, 1.807) is 0 Å². The van der Waals surface area contributed by atoms with E-state index in [1.807, 2.05) is 42.5 Å². The molecule has 3 fully saturated rings. The molecule has 6 heteroatoms. The second-order valence-electron chi connectivity index (χ2n) is 11.1. The number of nitrogens with one attached hydrogen (secondary N) is 3. The first-order valence-electron chi connectivity index (χ1n) is 13.2. The summed E-state index contributed by atoms with van der Waals surface area (Å²) in [5, 5.41) is 6.32. The molecule has 3 aliphatic rings. The number of anilines is 1. The first kappa shape index (κ1) is 22.3. The lowest BCUT2D eigenvalue weighted by Crippen LogP contribution is -2.37. The number of aromatic nitrogens is 2. The van der Waals surface area contributed by atoms with Crippen molar-refractivity contribution in [2.75, 3.05) is 5.32 Å². The Labute approximate surface area is 206 Å². The smallest absolute Gasteiger partial charge is 0.251 e. The fourth-order valence-electron chi connectivity index (χ4n) is 6.48. The minimum atomic E-state index is -0.00317. The van der Waals surface area contributed by atoms with Gasteiger partial charge in [0.1, 0.15) is 5.82 Å². The van der Waals surface area contributed by atoms with Crippen molar-refractivity contribution in [1.29, 1.82) is 0 Å². The predicted octanol–water partition coefficient (Wildman–Crippen LogP) is 5.91. The molecule has 182 valence electrons. The van der Waals surface area contributed by atoms with Crippen LogP contribution in [-0.4, -0.2) is 27.8 Å². The maximum atomic E-state index is 12.8. The highest BCUT2D eigenvalue weighted by Crippen LogP contribution is 2.48. The number of hydrogen-bond acceptors (Lipinski definition) is 3. The normalized spacial score (nSPS) is 27.7. The van der Waals surface area contributed by atoms with Crippen LogP contribution in [0.4, 0.5) is 5.69 Å². The average molecular weight is 471 g/mol. The summed E-state index contributed by atoms with van der Waals surface area (Å²) < 4.78 is 0. The van der Waals surface area contributed by atoms with Gasteiger partial charge in [0.05, 0.1) is 11.0 Å². The lowest BCUT2D eigenvalue weighted by Gasteiger charge is -2.26. The molecule has 6 rings (SSSR count). The molecule has 0 saturated heterocycles. The molecular weight excluding hydrogens is 436 g/mol. The Morgan fingerprint density at radius 2 is 1.74 bits per heavy atom. The molecule has 2 amide bonds. The third kappa shape index (κ3) is 4.58. The number of fused-ring (bicyclic) bond motifs is 3. The van der Waals surface area contributed by atoms with Gasteiger partial charge in [-0.1, -0.05) is 25.5 Å². The summed E-state index contributed by atoms with van der Waals surface area (Å²) in [7, 11) is 0. The minimum absolute atomic E-state index is 0.00317. The van der Waals surface area contributed by atoms with Gasteiger partial charge in [0.15, 0.2) is 0 Å². The first-order valence-corrected chi connectivity index (χ1v) is 13.2. The summed E-state index contributed by atoms with van der Waals surface area (Å²) in [6.07, 6.45) is 9.26. The van der Waals surface area contributed by atoms with Crippen molar-refractivity contribution in [3.63, 3.8) is 0 Å². The fraction of sp³-hybridized carbons (Fsp3) is 0.483. The van der Waals surface area contributed by atoms with Crippen LogP contribution in [0, 0.1) is 23.7 Å². The number of carbonyl (C=O) groups excluding carboxylic acids is 2. The molecule has 3 aliphatic carbocycles. The number of rotatable bonds is 5. The van der Waals surface area contributed by atoms with E-state index in [0.717, 1.165) is 59.2 Å². The van der Waals surface area contributed by atoms with Crippen LogP contribution < -0.4 is 10.6 Å². The minimum Gasteiger partial charge on any atom is -0.349 e. The molecule has 3 saturated carbocycles. The maximum absolute atomic E-state index is 12.8. The Hall–Kier alpha value is -3.15. The first-order chi connectivity index (χ1) is 17.0. The van der Waals surface area contributed by atoms with Crippen molar-refractivity contribution in [2.45, 2.75) is 64.3 Å². The van der Waals surface area contributed by atoms with Crippen molar-refractivity contribution in [2.24, 2.45) is 23.7 Å². The zero-order valence-electron chi connectivity index (χ0n) is 20.3. The molecule has 2 aromatic carbocycles. The van der Waals surface area contributed by atoms with Gasteiger partial charge >= 0.3 is 0 Å². The zero-order chi connectivity index (χ0) is 23.9. The molecule has 3 unspecified atom stereocenters. The van der Waals surface area contributed by atoms with Crippen LogP contribution in [0.2, 0.25) is 0 Å². The fourth-order valence-corrected chi connectivity index (χ4v) is 6.48. The van der Waals surface area contributed by atoms with Crippen LogP contribution in [0.3, 0.4) is 0 Å². The summed E-state index contributed by atoms with van der Waals surface area (Å²) in [6.45, 7) is 2.28. The summed E-state index contributed by atoms with van der Waals surface area (Å²) >= 11 is 0. The van der Waals surface area contributed by atoms with Gasteiger partial charge in [-0.3, -0.25) is 9.59 Å². The molecule has 1 aromatic heterocycles. The molecular formula is C29H34N4O2. The molecule has 1 heterocycles. The predicted molar refractivity (Wildman–Crippen MR) is 138 cm³/mol. The van der Waals surface area contributed by atoms with E-state index in [2.05, 4.69) is 22.5 Å². The number of imidazole rings is 1. The van der Waals surface area contributed by atoms with Crippen LogP contribution in [-0.2, 0) is 4.79 Å². The standard InChI is InChI=1S/C29H34N4O2/c1-17-2-10-22(11-3-17)30-28(34)20-8-6-19(7-9-20)27-32-25-13-12-23(16-26(25)33-27)31-29(35)24-15-18-4-5-21(24)14-18/h6-9,12-13,16-18,21-22,24H,2-5,10-11,14-15H2,1H3,(H,30,34)(H,31,35)(H,32,33). The van der Waals surface area contributed by atoms with Crippen molar-refractivity contribution in [1.82, 2.24) is 15.3 Å². The monoisotopic (exact) mass is 470 g/mol. The van der Waals surface area contributed by atoms with Crippen molar-refractivity contribution >= 4 is 28.5 Å². The van der Waals surface area contributed by atoms with Gasteiger partial charge in [-0.2, -0.15) is 0 Å². The topological polar surface area (TPSA) is 86.9 Å². The van der Waals surface area contributed by atoms with Crippen LogP contribution in [0.25, 0.3) is 22.4 Å². The second kappa shape index (κ2) is 9.14. The third-order valence-corrected chi connectivity index (χ3v) is 8.60. The Bertz CT molecular complexity index is 1240. The van der Waals surface area contributed by atoms with Crippen LogP contribution in [0.1, 0.15) is 68.6 Å². The number of nitrogens with zero attached hydrogens (tertiary/aromatic N) is 1. The van der Waals surface area contributed by atoms with Crippen molar-refractivity contribution in [3.05, 3.63) is 48.0 Å².